The van der Waals surface area contributed by atoms with E-state index < -0.39 is 0 Å². The lowest BCUT2D eigenvalue weighted by molar-refractivity contribution is 0.209. The van der Waals surface area contributed by atoms with Crippen molar-refractivity contribution in [1.29, 1.82) is 0 Å². The molecule has 1 aliphatic carbocycles. The molecule has 4 rings (SSSR count). The highest BCUT2D eigenvalue weighted by atomic mass is 19.1. The van der Waals surface area contributed by atoms with Crippen LogP contribution in [0.2, 0.25) is 0 Å². The molecule has 0 radical (unpaired) electrons. The Bertz CT molecular complexity index is 746. The Morgan fingerprint density at radius 1 is 1.20 bits per heavy atom. The van der Waals surface area contributed by atoms with Crippen molar-refractivity contribution in [2.45, 2.75) is 44.1 Å². The quantitative estimate of drug-likeness (QED) is 0.931. The van der Waals surface area contributed by atoms with Gasteiger partial charge in [0.25, 0.3) is 0 Å². The van der Waals surface area contributed by atoms with Gasteiger partial charge in [-0.15, -0.1) is 0 Å². The normalized spacial score (nSPS) is 22.1. The number of rotatable bonds is 3. The Kier molecular flexibility index (Phi) is 4.61. The Labute approximate surface area is 148 Å². The zero-order chi connectivity index (χ0) is 17.4. The van der Waals surface area contributed by atoms with Crippen LogP contribution < -0.4 is 5.73 Å². The summed E-state index contributed by atoms with van der Waals surface area (Å²) >= 11 is 0. The average Bonchev–Trinajstić information content (AvgIpc) is 3.02. The molecule has 0 bridgehead atoms. The first kappa shape index (κ1) is 16.7. The van der Waals surface area contributed by atoms with Gasteiger partial charge in [0.1, 0.15) is 5.82 Å². The number of hydrogen-bond acceptors (Lipinski definition) is 3. The summed E-state index contributed by atoms with van der Waals surface area (Å²) in [5.74, 6) is 0.0954. The molecule has 1 aromatic heterocycles. The second kappa shape index (κ2) is 6.89. The molecule has 1 aliphatic heterocycles. The largest absolute Gasteiger partial charge is 0.330 e. The van der Waals surface area contributed by atoms with E-state index in [-0.39, 0.29) is 5.82 Å². The lowest BCUT2D eigenvalue weighted by Gasteiger charge is -2.31. The van der Waals surface area contributed by atoms with Crippen LogP contribution in [0, 0.1) is 5.82 Å². The molecule has 2 N–H and O–H groups in total. The lowest BCUT2D eigenvalue weighted by Crippen LogP contribution is -2.32. The van der Waals surface area contributed by atoms with Crippen LogP contribution in [0.3, 0.4) is 0 Å². The van der Waals surface area contributed by atoms with Gasteiger partial charge in [-0.25, -0.2) is 4.39 Å². The number of nitrogens with zero attached hydrogens (tertiary/aromatic N) is 3. The topological polar surface area (TPSA) is 47.1 Å². The number of fused-ring (bicyclic) bond motifs is 1. The van der Waals surface area contributed by atoms with Crippen molar-refractivity contribution in [1.82, 2.24) is 14.7 Å². The Morgan fingerprint density at radius 3 is 2.68 bits per heavy atom. The molecule has 1 unspecified atom stereocenters. The van der Waals surface area contributed by atoms with Gasteiger partial charge in [0.05, 0.1) is 11.7 Å². The fraction of sp³-hybridized carbons (Fsp3) is 0.550. The fourth-order valence-electron chi connectivity index (χ4n) is 4.45. The van der Waals surface area contributed by atoms with Crippen LogP contribution in [-0.2, 0) is 6.42 Å². The molecule has 0 spiro atoms. The number of aromatic nitrogens is 2. The van der Waals surface area contributed by atoms with E-state index in [1.165, 1.54) is 17.3 Å². The highest BCUT2D eigenvalue weighted by Crippen LogP contribution is 2.40. The van der Waals surface area contributed by atoms with Crippen LogP contribution in [-0.4, -0.2) is 41.4 Å². The van der Waals surface area contributed by atoms with Crippen LogP contribution in [0.4, 0.5) is 4.39 Å². The van der Waals surface area contributed by atoms with Gasteiger partial charge in [-0.1, -0.05) is 12.1 Å². The summed E-state index contributed by atoms with van der Waals surface area (Å²) in [5, 5.41) is 4.97. The summed E-state index contributed by atoms with van der Waals surface area (Å²) in [5.41, 5.74) is 10.0. The van der Waals surface area contributed by atoms with E-state index in [1.807, 2.05) is 12.1 Å². The van der Waals surface area contributed by atoms with E-state index in [9.17, 15) is 4.39 Å². The van der Waals surface area contributed by atoms with Gasteiger partial charge in [-0.3, -0.25) is 4.68 Å². The van der Waals surface area contributed by atoms with E-state index in [2.05, 4.69) is 16.6 Å². The number of halogens is 1. The molecule has 1 fully saturated rings. The summed E-state index contributed by atoms with van der Waals surface area (Å²) in [6, 6.07) is 7.41. The third-order valence-corrected chi connectivity index (χ3v) is 5.87. The molecule has 5 heteroatoms. The predicted octanol–water partition coefficient (Wildman–Crippen LogP) is 3.33. The van der Waals surface area contributed by atoms with Crippen molar-refractivity contribution in [2.24, 2.45) is 5.73 Å². The average molecular weight is 342 g/mol. The fourth-order valence-corrected chi connectivity index (χ4v) is 4.45. The highest BCUT2D eigenvalue weighted by Gasteiger charge is 2.32. The van der Waals surface area contributed by atoms with Gasteiger partial charge in [-0.2, -0.15) is 5.10 Å². The Morgan fingerprint density at radius 2 is 1.96 bits per heavy atom. The maximum atomic E-state index is 14.5. The second-order valence-electron chi connectivity index (χ2n) is 7.49. The van der Waals surface area contributed by atoms with E-state index in [1.54, 1.807) is 6.07 Å². The maximum Gasteiger partial charge on any atom is 0.132 e. The van der Waals surface area contributed by atoms with Gasteiger partial charge >= 0.3 is 0 Å². The lowest BCUT2D eigenvalue weighted by atomic mass is 9.83. The standard InChI is InChI=1S/C20H27FN4/c1-24-11-9-15(10-12-24)25-18-8-4-5-14(13-22)19(18)20(23-25)16-6-2-3-7-17(16)21/h2-3,6-7,14-15H,4-5,8-13,22H2,1H3. The first-order valence-electron chi connectivity index (χ1n) is 9.43. The monoisotopic (exact) mass is 342 g/mol. The molecular formula is C20H27FN4. The van der Waals surface area contributed by atoms with Crippen molar-refractivity contribution >= 4 is 0 Å². The van der Waals surface area contributed by atoms with Gasteiger partial charge in [0.2, 0.25) is 0 Å². The van der Waals surface area contributed by atoms with Crippen molar-refractivity contribution in [3.8, 4) is 11.3 Å². The molecule has 2 aromatic rings. The number of nitrogens with two attached hydrogens (primary N) is 1. The zero-order valence-electron chi connectivity index (χ0n) is 14.9. The maximum absolute atomic E-state index is 14.5. The van der Waals surface area contributed by atoms with E-state index in [4.69, 9.17) is 10.8 Å². The Hall–Kier alpha value is -1.72. The molecular weight excluding hydrogens is 315 g/mol. The van der Waals surface area contributed by atoms with Crippen molar-refractivity contribution < 1.29 is 4.39 Å². The van der Waals surface area contributed by atoms with Crippen molar-refractivity contribution in [3.63, 3.8) is 0 Å². The minimum absolute atomic E-state index is 0.195. The van der Waals surface area contributed by atoms with Gasteiger partial charge in [-0.05, 0) is 70.9 Å². The first-order valence-corrected chi connectivity index (χ1v) is 9.43. The molecule has 4 nitrogen and oxygen atoms in total. The number of likely N-dealkylation sites (tertiary alicyclic amines) is 1. The van der Waals surface area contributed by atoms with E-state index >= 15 is 0 Å². The number of benzene rings is 1. The summed E-state index contributed by atoms with van der Waals surface area (Å²) in [6.07, 6.45) is 5.46. The van der Waals surface area contributed by atoms with Crippen LogP contribution in [0.1, 0.15) is 48.9 Å². The summed E-state index contributed by atoms with van der Waals surface area (Å²) in [4.78, 5) is 2.37. The molecule has 2 aliphatic rings. The zero-order valence-corrected chi connectivity index (χ0v) is 14.9. The smallest absolute Gasteiger partial charge is 0.132 e. The summed E-state index contributed by atoms with van der Waals surface area (Å²) in [6.45, 7) is 2.79. The number of hydrogen-bond donors (Lipinski definition) is 1. The molecule has 1 saturated heterocycles. The molecule has 1 aromatic carbocycles. The predicted molar refractivity (Wildman–Crippen MR) is 98.1 cm³/mol. The van der Waals surface area contributed by atoms with Crippen molar-refractivity contribution in [3.05, 3.63) is 41.3 Å². The molecule has 0 amide bonds. The highest BCUT2D eigenvalue weighted by molar-refractivity contribution is 5.66. The van der Waals surface area contributed by atoms with Crippen LogP contribution in [0.25, 0.3) is 11.3 Å². The van der Waals surface area contributed by atoms with Gasteiger partial charge < -0.3 is 10.6 Å². The molecule has 0 saturated carbocycles. The summed E-state index contributed by atoms with van der Waals surface area (Å²) in [7, 11) is 2.17. The van der Waals surface area contributed by atoms with Gasteiger partial charge in [0.15, 0.2) is 0 Å². The minimum atomic E-state index is -0.195. The van der Waals surface area contributed by atoms with Gasteiger partial charge in [0, 0.05) is 22.7 Å². The molecule has 1 atom stereocenters. The van der Waals surface area contributed by atoms with Crippen molar-refractivity contribution in [2.75, 3.05) is 26.7 Å². The third-order valence-electron chi connectivity index (χ3n) is 5.87. The summed E-state index contributed by atoms with van der Waals surface area (Å²) < 4.78 is 16.7. The van der Waals surface area contributed by atoms with E-state index in [0.29, 0.717) is 24.1 Å². The van der Waals surface area contributed by atoms with E-state index in [0.717, 1.165) is 50.9 Å². The second-order valence-corrected chi connectivity index (χ2v) is 7.49. The van der Waals surface area contributed by atoms with Crippen LogP contribution in [0.15, 0.2) is 24.3 Å². The van der Waals surface area contributed by atoms with Crippen LogP contribution in [0.5, 0.6) is 0 Å². The number of piperidine rings is 1. The minimum Gasteiger partial charge on any atom is -0.330 e. The Balaban J connectivity index is 1.83. The molecule has 25 heavy (non-hydrogen) atoms. The third kappa shape index (κ3) is 3.00. The van der Waals surface area contributed by atoms with Crippen LogP contribution >= 0.6 is 0 Å². The first-order chi connectivity index (χ1) is 12.2. The molecule has 134 valence electrons. The molecule has 2 heterocycles. The SMILES string of the molecule is CN1CCC(n2nc(-c3ccccc3F)c3c2CCCC3CN)CC1.